The largest absolute Gasteiger partial charge is 0.494 e. The topological polar surface area (TPSA) is 252 Å². The Morgan fingerprint density at radius 3 is 1.15 bits per heavy atom. The average Bonchev–Trinajstić information content (AvgIpc) is 3.40. The second kappa shape index (κ2) is 10.4. The monoisotopic (exact) mass is 590 g/mol. The Labute approximate surface area is 228 Å². The standard InChI is InChI=1S/C22H14N4O12S2/c27-13-5-6-14(28)23(13)19-11(3-1-9(21(31)32)17(19)25(35)36)39-40-12-4-2-10(22(33)34)18(26(37)38)20(12)24-15(29)7-8-16(24)30/h1-8,27-30H,(H,31,32)(H,33,34). The smallest absolute Gasteiger partial charge is 0.342 e. The van der Waals surface area contributed by atoms with Crippen LogP contribution < -0.4 is 0 Å². The van der Waals surface area contributed by atoms with Gasteiger partial charge in [-0.3, -0.25) is 20.2 Å². The van der Waals surface area contributed by atoms with E-state index in [4.69, 9.17) is 0 Å². The highest BCUT2D eigenvalue weighted by atomic mass is 33.1. The first-order valence-electron chi connectivity index (χ1n) is 10.5. The fraction of sp³-hybridized carbons (Fsp3) is 0. The van der Waals surface area contributed by atoms with Crippen molar-refractivity contribution in [2.24, 2.45) is 0 Å². The minimum Gasteiger partial charge on any atom is -0.494 e. The Morgan fingerprint density at radius 2 is 0.900 bits per heavy atom. The number of nitro benzene ring substituents is 2. The van der Waals surface area contributed by atoms with E-state index in [0.29, 0.717) is 30.7 Å². The summed E-state index contributed by atoms with van der Waals surface area (Å²) in [6.45, 7) is 0. The first-order chi connectivity index (χ1) is 18.8. The van der Waals surface area contributed by atoms with Crippen molar-refractivity contribution in [2.75, 3.05) is 0 Å². The molecule has 0 aliphatic carbocycles. The van der Waals surface area contributed by atoms with Crippen molar-refractivity contribution in [1.29, 1.82) is 0 Å². The lowest BCUT2D eigenvalue weighted by atomic mass is 10.1. The van der Waals surface area contributed by atoms with Gasteiger partial charge in [-0.1, -0.05) is 0 Å². The molecule has 0 spiro atoms. The van der Waals surface area contributed by atoms with Gasteiger partial charge in [0, 0.05) is 24.3 Å². The third-order valence-electron chi connectivity index (χ3n) is 5.40. The molecule has 0 bridgehead atoms. The molecular weight excluding hydrogens is 576 g/mol. The molecule has 4 rings (SSSR count). The zero-order chi connectivity index (χ0) is 29.5. The third-order valence-corrected chi connectivity index (χ3v) is 7.83. The van der Waals surface area contributed by atoms with Crippen LogP contribution in [0.25, 0.3) is 11.4 Å². The van der Waals surface area contributed by atoms with Crippen LogP contribution in [0.1, 0.15) is 20.7 Å². The summed E-state index contributed by atoms with van der Waals surface area (Å²) in [6, 6.07) is 8.07. The molecule has 0 radical (unpaired) electrons. The number of carboxylic acids is 2. The number of carboxylic acid groups (broad SMARTS) is 2. The Hall–Kier alpha value is -5.36. The van der Waals surface area contributed by atoms with Gasteiger partial charge >= 0.3 is 23.3 Å². The van der Waals surface area contributed by atoms with Gasteiger partial charge in [0.05, 0.1) is 19.6 Å². The number of hydrogen-bond acceptors (Lipinski definition) is 12. The minimum atomic E-state index is -1.68. The van der Waals surface area contributed by atoms with E-state index < -0.39 is 79.2 Å². The minimum absolute atomic E-state index is 0.111. The number of aromatic carboxylic acids is 2. The second-order valence-electron chi connectivity index (χ2n) is 7.68. The summed E-state index contributed by atoms with van der Waals surface area (Å²) in [4.78, 5) is 45.1. The lowest BCUT2D eigenvalue weighted by Gasteiger charge is -2.16. The Morgan fingerprint density at radius 1 is 0.600 bits per heavy atom. The maximum Gasteiger partial charge on any atom is 0.342 e. The van der Waals surface area contributed by atoms with E-state index in [2.05, 4.69) is 0 Å². The van der Waals surface area contributed by atoms with Crippen molar-refractivity contribution < 1.29 is 50.1 Å². The van der Waals surface area contributed by atoms with Crippen LogP contribution in [0.5, 0.6) is 23.5 Å². The van der Waals surface area contributed by atoms with Gasteiger partial charge in [0.1, 0.15) is 22.5 Å². The fourth-order valence-corrected chi connectivity index (χ4v) is 6.09. The quantitative estimate of drug-likeness (QED) is 0.0912. The van der Waals surface area contributed by atoms with Crippen molar-refractivity contribution in [3.05, 3.63) is 79.9 Å². The molecule has 206 valence electrons. The molecule has 2 aromatic carbocycles. The summed E-state index contributed by atoms with van der Waals surface area (Å²) >= 11 is 0. The maximum absolute atomic E-state index is 12.0. The number of aromatic hydroxyl groups is 4. The second-order valence-corrected chi connectivity index (χ2v) is 9.89. The van der Waals surface area contributed by atoms with Crippen LogP contribution in [0.15, 0.2) is 58.3 Å². The van der Waals surface area contributed by atoms with Crippen molar-refractivity contribution in [2.45, 2.75) is 9.79 Å². The van der Waals surface area contributed by atoms with Gasteiger partial charge in [0.2, 0.25) is 0 Å². The lowest BCUT2D eigenvalue weighted by molar-refractivity contribution is -0.385. The summed E-state index contributed by atoms with van der Waals surface area (Å²) in [7, 11) is 1.31. The Balaban J connectivity index is 1.96. The van der Waals surface area contributed by atoms with Gasteiger partial charge < -0.3 is 30.6 Å². The van der Waals surface area contributed by atoms with Crippen LogP contribution in [0.3, 0.4) is 0 Å². The highest BCUT2D eigenvalue weighted by molar-refractivity contribution is 8.76. The van der Waals surface area contributed by atoms with E-state index in [9.17, 15) is 60.5 Å². The molecule has 0 amide bonds. The molecule has 0 aliphatic heterocycles. The van der Waals surface area contributed by atoms with Crippen molar-refractivity contribution in [3.8, 4) is 34.9 Å². The van der Waals surface area contributed by atoms with Crippen LogP contribution >= 0.6 is 21.6 Å². The number of benzene rings is 2. The molecule has 4 aromatic rings. The fourth-order valence-electron chi connectivity index (χ4n) is 3.78. The average molecular weight is 591 g/mol. The first kappa shape index (κ1) is 27.7. The summed E-state index contributed by atoms with van der Waals surface area (Å²) < 4.78 is 1.24. The number of aromatic nitrogens is 2. The zero-order valence-electron chi connectivity index (χ0n) is 19.4. The Bertz CT molecular complexity index is 1560. The molecule has 40 heavy (non-hydrogen) atoms. The summed E-state index contributed by atoms with van der Waals surface area (Å²) in [5.74, 6) is -6.08. The van der Waals surface area contributed by atoms with Crippen LogP contribution in [0.2, 0.25) is 0 Å². The number of hydrogen-bond donors (Lipinski definition) is 6. The van der Waals surface area contributed by atoms with Gasteiger partial charge in [0.15, 0.2) is 23.5 Å². The molecule has 18 heteroatoms. The molecule has 6 N–H and O–H groups in total. The third kappa shape index (κ3) is 4.67. The van der Waals surface area contributed by atoms with Gasteiger partial charge in [-0.2, -0.15) is 0 Å². The van der Waals surface area contributed by atoms with Crippen molar-refractivity contribution in [3.63, 3.8) is 0 Å². The van der Waals surface area contributed by atoms with Gasteiger partial charge in [0.25, 0.3) is 0 Å². The van der Waals surface area contributed by atoms with Crippen LogP contribution in [0, 0.1) is 20.2 Å². The number of carbonyl (C=O) groups is 2. The van der Waals surface area contributed by atoms with Crippen molar-refractivity contribution in [1.82, 2.24) is 9.13 Å². The number of nitrogens with zero attached hydrogens (tertiary/aromatic N) is 4. The SMILES string of the molecule is O=C(O)c1ccc(SSc2ccc(C(=O)O)c([N+](=O)[O-])c2-n2c(O)ccc2O)c(-n2c(O)ccc2O)c1[N+](=O)[O-]. The molecule has 0 fully saturated rings. The van der Waals surface area contributed by atoms with Gasteiger partial charge in [-0.05, 0) is 45.9 Å². The van der Waals surface area contributed by atoms with Gasteiger partial charge in [-0.15, -0.1) is 0 Å². The Kier molecular flexibility index (Phi) is 7.21. The highest BCUT2D eigenvalue weighted by Gasteiger charge is 2.33. The molecule has 0 saturated heterocycles. The number of rotatable bonds is 9. The predicted octanol–water partition coefficient (Wildman–Crippen LogP) is 4.10. The molecule has 0 saturated carbocycles. The van der Waals surface area contributed by atoms with Crippen LogP contribution in [-0.2, 0) is 0 Å². The van der Waals surface area contributed by atoms with E-state index in [0.717, 1.165) is 48.5 Å². The normalized spacial score (nSPS) is 10.9. The molecular formula is C22H14N4O12S2. The summed E-state index contributed by atoms with van der Waals surface area (Å²) in [6.07, 6.45) is 0. The van der Waals surface area contributed by atoms with Crippen LogP contribution in [-0.4, -0.2) is 61.6 Å². The lowest BCUT2D eigenvalue weighted by Crippen LogP contribution is -2.09. The van der Waals surface area contributed by atoms with Gasteiger partial charge in [-0.25, -0.2) is 18.7 Å². The maximum atomic E-state index is 12.0. The van der Waals surface area contributed by atoms with E-state index in [1.165, 1.54) is 0 Å². The van der Waals surface area contributed by atoms with E-state index in [1.54, 1.807) is 0 Å². The van der Waals surface area contributed by atoms with E-state index in [-0.39, 0.29) is 9.79 Å². The molecule has 16 nitrogen and oxygen atoms in total. The van der Waals surface area contributed by atoms with E-state index in [1.807, 2.05) is 0 Å². The van der Waals surface area contributed by atoms with Crippen molar-refractivity contribution >= 4 is 44.9 Å². The predicted molar refractivity (Wildman–Crippen MR) is 137 cm³/mol. The molecule has 0 unspecified atom stereocenters. The molecule has 2 heterocycles. The zero-order valence-corrected chi connectivity index (χ0v) is 21.0. The molecule has 0 atom stereocenters. The highest BCUT2D eigenvalue weighted by Crippen LogP contribution is 2.50. The van der Waals surface area contributed by atoms with Crippen LogP contribution in [0.4, 0.5) is 11.4 Å². The molecule has 0 aliphatic rings. The number of nitro groups is 2. The first-order valence-corrected chi connectivity index (χ1v) is 12.6. The molecule has 2 aromatic heterocycles. The van der Waals surface area contributed by atoms with E-state index >= 15 is 0 Å². The summed E-state index contributed by atoms with van der Waals surface area (Å²) in [5, 5.41) is 84.0. The summed E-state index contributed by atoms with van der Waals surface area (Å²) in [5.41, 5.74) is -4.63.